The van der Waals surface area contributed by atoms with Crippen LogP contribution < -0.4 is 9.47 Å². The second-order valence-corrected chi connectivity index (χ2v) is 35.6. The predicted octanol–water partition coefficient (Wildman–Crippen LogP) is 24.4. The molecule has 0 aliphatic heterocycles. The molecule has 0 saturated heterocycles. The summed E-state index contributed by atoms with van der Waals surface area (Å²) < 4.78 is 50.7. The molecule has 10 rings (SSSR count). The van der Waals surface area contributed by atoms with Crippen molar-refractivity contribution in [2.24, 2.45) is 16.2 Å². The lowest BCUT2D eigenvalue weighted by Crippen LogP contribution is -2.31. The fourth-order valence-corrected chi connectivity index (χ4v) is 14.5. The highest BCUT2D eigenvalue weighted by Gasteiger charge is 2.35. The van der Waals surface area contributed by atoms with Crippen molar-refractivity contribution in [1.29, 1.82) is 0 Å². The number of hydrogen-bond acceptors (Lipinski definition) is 4. The van der Waals surface area contributed by atoms with E-state index in [1.165, 1.54) is 46.5 Å². The quantitative estimate of drug-likeness (QED) is 0.107. The van der Waals surface area contributed by atoms with Gasteiger partial charge in [0.1, 0.15) is 34.6 Å². The van der Waals surface area contributed by atoms with Crippen LogP contribution >= 0.6 is 0 Å². The summed E-state index contributed by atoms with van der Waals surface area (Å²) in [6, 6.07) is 44.1. The number of benzene rings is 8. The molecule has 0 radical (unpaired) electrons. The molecule has 0 fully saturated rings. The number of ether oxygens (including phenoxy) is 2. The van der Waals surface area contributed by atoms with E-state index >= 15 is 8.78 Å². The van der Waals surface area contributed by atoms with Gasteiger partial charge in [-0.15, -0.1) is 0 Å². The Kier molecular flexibility index (Phi) is 17.6. The maximum atomic E-state index is 16.2. The summed E-state index contributed by atoms with van der Waals surface area (Å²) in [4.78, 5) is 0. The summed E-state index contributed by atoms with van der Waals surface area (Å²) in [5.41, 5.74) is 11.7. The van der Waals surface area contributed by atoms with Crippen molar-refractivity contribution in [2.75, 3.05) is 13.2 Å². The Balaban J connectivity index is 1.07. The van der Waals surface area contributed by atoms with Gasteiger partial charge in [0.2, 0.25) is 0 Å². The van der Waals surface area contributed by atoms with E-state index in [0.717, 1.165) is 67.6 Å². The molecule has 10 aromatic rings. The van der Waals surface area contributed by atoms with Crippen LogP contribution in [0.5, 0.6) is 23.0 Å². The van der Waals surface area contributed by atoms with Crippen molar-refractivity contribution >= 4 is 43.6 Å². The van der Waals surface area contributed by atoms with Crippen molar-refractivity contribution in [2.45, 2.75) is 218 Å². The van der Waals surface area contributed by atoms with Gasteiger partial charge in [0, 0.05) is 49.2 Å². The van der Waals surface area contributed by atoms with E-state index < -0.39 is 17.0 Å². The minimum atomic E-state index is -0.660. The average Bonchev–Trinajstić information content (AvgIpc) is 1.52. The first-order valence-electron chi connectivity index (χ1n) is 34.1. The molecule has 498 valence electrons. The molecular formula is C86H106F2N2O4. The molecule has 0 unspecified atom stereocenters. The summed E-state index contributed by atoms with van der Waals surface area (Å²) in [7, 11) is 0. The third-order valence-corrected chi connectivity index (χ3v) is 19.6. The highest BCUT2D eigenvalue weighted by molar-refractivity contribution is 6.11. The van der Waals surface area contributed by atoms with Gasteiger partial charge in [0.15, 0.2) is 0 Å². The van der Waals surface area contributed by atoms with Crippen molar-refractivity contribution < 1.29 is 28.5 Å². The van der Waals surface area contributed by atoms with E-state index in [1.807, 2.05) is 12.1 Å². The molecule has 8 aromatic carbocycles. The van der Waals surface area contributed by atoms with E-state index in [-0.39, 0.29) is 68.0 Å². The van der Waals surface area contributed by atoms with Crippen LogP contribution in [0.25, 0.3) is 77.2 Å². The van der Waals surface area contributed by atoms with E-state index in [0.29, 0.717) is 51.5 Å². The molecule has 0 bridgehead atoms. The third kappa shape index (κ3) is 13.9. The molecule has 8 heteroatoms. The minimum Gasteiger partial charge on any atom is -0.505 e. The number of nitrogens with zero attached hydrogens (tertiary/aromatic N) is 2. The first-order valence-corrected chi connectivity index (χ1v) is 34.1. The fraction of sp³-hybridized carbons (Fsp3) is 0.442. The molecule has 0 aliphatic rings. The van der Waals surface area contributed by atoms with E-state index in [1.54, 1.807) is 12.1 Å². The van der Waals surface area contributed by atoms with Crippen LogP contribution in [0.3, 0.4) is 0 Å². The summed E-state index contributed by atoms with van der Waals surface area (Å²) in [6.07, 6.45) is 2.27. The van der Waals surface area contributed by atoms with Crippen molar-refractivity contribution in [3.63, 3.8) is 0 Å². The number of aromatic nitrogens is 2. The molecule has 0 aliphatic carbocycles. The molecule has 0 saturated carbocycles. The minimum absolute atomic E-state index is 0.00884. The maximum absolute atomic E-state index is 16.2. The number of phenols is 2. The normalized spacial score (nSPS) is 13.5. The van der Waals surface area contributed by atoms with Gasteiger partial charge in [-0.25, -0.2) is 8.78 Å². The molecule has 2 heterocycles. The number of fused-ring (bicyclic) bond motifs is 6. The smallest absolute Gasteiger partial charge is 0.147 e. The largest absolute Gasteiger partial charge is 0.505 e. The Labute approximate surface area is 560 Å². The lowest BCUT2D eigenvalue weighted by molar-refractivity contribution is 0.0912. The van der Waals surface area contributed by atoms with Gasteiger partial charge in [0.05, 0.1) is 46.7 Å². The average molecular weight is 1270 g/mol. The van der Waals surface area contributed by atoms with Gasteiger partial charge in [-0.05, 0) is 205 Å². The Morgan fingerprint density at radius 2 is 0.628 bits per heavy atom. The van der Waals surface area contributed by atoms with Crippen LogP contribution in [0, 0.1) is 27.9 Å². The van der Waals surface area contributed by atoms with Gasteiger partial charge >= 0.3 is 0 Å². The SMILES string of the molecule is CCC(C)(COc1ccc(F)cc1-c1cc(C(C)(C)CC(C)(C)C)cc(-n2c3ccc(C(C)(C)C)cc3c3cc(C(C)(C)C)ccc32)c1O)COc1ccc(F)cc1-c1cc(C(C)(C)CC(C)(C)C)cc(-n2c3ccc(C(C)(C)C)cc3c3cc(C(C)(C)C)ccc32)c1O. The summed E-state index contributed by atoms with van der Waals surface area (Å²) >= 11 is 0. The number of hydrogen-bond donors (Lipinski definition) is 2. The van der Waals surface area contributed by atoms with E-state index in [4.69, 9.17) is 9.47 Å². The van der Waals surface area contributed by atoms with Gasteiger partial charge in [-0.3, -0.25) is 0 Å². The van der Waals surface area contributed by atoms with Gasteiger partial charge < -0.3 is 28.8 Å². The maximum Gasteiger partial charge on any atom is 0.147 e. The zero-order valence-corrected chi connectivity index (χ0v) is 61.1. The third-order valence-electron chi connectivity index (χ3n) is 19.6. The van der Waals surface area contributed by atoms with Crippen LogP contribution in [-0.4, -0.2) is 32.6 Å². The molecule has 0 spiro atoms. The Morgan fingerprint density at radius 1 is 0.340 bits per heavy atom. The number of halogens is 2. The molecule has 2 aromatic heterocycles. The lowest BCUT2D eigenvalue weighted by Gasteiger charge is -2.34. The monoisotopic (exact) mass is 1270 g/mol. The predicted molar refractivity (Wildman–Crippen MR) is 394 cm³/mol. The fourth-order valence-electron chi connectivity index (χ4n) is 14.5. The zero-order chi connectivity index (χ0) is 69.2. The summed E-state index contributed by atoms with van der Waals surface area (Å²) in [6.45, 7) is 53.8. The standard InChI is InChI=1S/C86H106F2N2O4/c1-25-86(24,50-93-74-36-30-58(87)46-64(74)66-42-56(84(20,21)48-78(2,3)4)44-72(76(66)91)89-68-32-26-52(80(8,9)10)38-60(68)61-39-53(81(11,12)13)27-33-69(61)89)51-94-75-37-31-59(88)47-65(75)67-43-57(85(22,23)49-79(5,6)7)45-73(77(67)92)90-70-34-28-54(82(14,15)16)40-62(70)63-41-55(83(17,18)19)29-35-71(63)90/h26-47,91-92H,25,48-51H2,1-24H3. The van der Waals surface area contributed by atoms with Gasteiger partial charge in [-0.1, -0.05) is 190 Å². The van der Waals surface area contributed by atoms with Crippen molar-refractivity contribution in [3.05, 3.63) is 178 Å². The van der Waals surface area contributed by atoms with Crippen LogP contribution in [0.2, 0.25) is 0 Å². The van der Waals surface area contributed by atoms with Crippen molar-refractivity contribution in [3.8, 4) is 56.6 Å². The molecule has 0 amide bonds. The number of rotatable bonds is 15. The van der Waals surface area contributed by atoms with Crippen LogP contribution in [0.1, 0.15) is 219 Å². The first kappa shape index (κ1) is 69.3. The first-order chi connectivity index (χ1) is 43.3. The lowest BCUT2D eigenvalue weighted by atomic mass is 9.71. The highest BCUT2D eigenvalue weighted by atomic mass is 19.1. The van der Waals surface area contributed by atoms with Crippen LogP contribution in [0.15, 0.2) is 133 Å². The molecular weight excluding hydrogens is 1160 g/mol. The second-order valence-electron chi connectivity index (χ2n) is 35.6. The molecule has 94 heavy (non-hydrogen) atoms. The van der Waals surface area contributed by atoms with Crippen LogP contribution in [0.4, 0.5) is 8.78 Å². The molecule has 2 N–H and O–H groups in total. The highest BCUT2D eigenvalue weighted by Crippen LogP contribution is 2.51. The molecule has 0 atom stereocenters. The summed E-state index contributed by atoms with van der Waals surface area (Å²) in [5, 5.41) is 30.7. The van der Waals surface area contributed by atoms with Crippen LogP contribution in [-0.2, 0) is 32.5 Å². The second kappa shape index (κ2) is 24.0. The van der Waals surface area contributed by atoms with Gasteiger partial charge in [-0.2, -0.15) is 0 Å². The summed E-state index contributed by atoms with van der Waals surface area (Å²) in [5.74, 6) is -0.0971. The Hall–Kier alpha value is -7.58. The Morgan fingerprint density at radius 3 is 0.883 bits per heavy atom. The molecule has 6 nitrogen and oxygen atoms in total. The topological polar surface area (TPSA) is 68.8 Å². The van der Waals surface area contributed by atoms with Gasteiger partial charge in [0.25, 0.3) is 0 Å². The van der Waals surface area contributed by atoms with Crippen molar-refractivity contribution in [1.82, 2.24) is 9.13 Å². The number of aromatic hydroxyl groups is 2. The Bertz CT molecular complexity index is 4120. The van der Waals surface area contributed by atoms with E-state index in [9.17, 15) is 10.2 Å². The van der Waals surface area contributed by atoms with E-state index in [2.05, 4.69) is 260 Å². The number of phenolic OH excluding ortho intramolecular Hbond substituents is 2. The zero-order valence-electron chi connectivity index (χ0n) is 61.1.